The molecule has 5 nitrogen and oxygen atoms in total. The molecule has 1 amide bonds. The molecule has 3 rings (SSSR count). The first-order valence-corrected chi connectivity index (χ1v) is 8.26. The summed E-state index contributed by atoms with van der Waals surface area (Å²) in [5.74, 6) is -0.0135. The van der Waals surface area contributed by atoms with Crippen LogP contribution in [0, 0.1) is 11.8 Å². The Hall–Kier alpha value is -2.04. The van der Waals surface area contributed by atoms with Gasteiger partial charge in [0.15, 0.2) is 0 Å². The summed E-state index contributed by atoms with van der Waals surface area (Å²) in [5.41, 5.74) is 2.44. The third-order valence-corrected chi connectivity index (χ3v) is 5.16. The number of fused-ring (bicyclic) bond motifs is 1. The van der Waals surface area contributed by atoms with Crippen molar-refractivity contribution in [2.24, 2.45) is 11.8 Å². The number of benzene rings is 1. The number of aliphatic carboxylic acids is 1. The summed E-state index contributed by atoms with van der Waals surface area (Å²) in [6, 6.07) is 6.05. The molecule has 0 bridgehead atoms. The van der Waals surface area contributed by atoms with Gasteiger partial charge in [0.2, 0.25) is 5.91 Å². The smallest absolute Gasteiger partial charge is 0.306 e. The van der Waals surface area contributed by atoms with Crippen LogP contribution in [0.15, 0.2) is 18.2 Å². The molecule has 124 valence electrons. The molecule has 0 unspecified atom stereocenters. The maximum absolute atomic E-state index is 12.7. The van der Waals surface area contributed by atoms with Crippen molar-refractivity contribution < 1.29 is 19.4 Å². The van der Waals surface area contributed by atoms with E-state index in [9.17, 15) is 9.59 Å². The number of carboxylic acid groups (broad SMARTS) is 1. The fraction of sp³-hybridized carbons (Fsp3) is 0.556. The Kier molecular flexibility index (Phi) is 4.55. The molecular weight excluding hydrogens is 294 g/mol. The van der Waals surface area contributed by atoms with Crippen molar-refractivity contribution in [3.05, 3.63) is 29.3 Å². The molecular formula is C18H23NO4. The Morgan fingerprint density at radius 3 is 2.48 bits per heavy atom. The maximum atomic E-state index is 12.7. The van der Waals surface area contributed by atoms with Crippen LogP contribution in [0.1, 0.15) is 36.8 Å². The van der Waals surface area contributed by atoms with E-state index in [4.69, 9.17) is 9.84 Å². The molecule has 0 aromatic heterocycles. The summed E-state index contributed by atoms with van der Waals surface area (Å²) < 4.78 is 5.27. The SMILES string of the molecule is COc1ccc2c(c1)CN(C(=O)C1CCC(C(=O)O)CC1)CC2. The van der Waals surface area contributed by atoms with Crippen molar-refractivity contribution in [3.63, 3.8) is 0 Å². The minimum absolute atomic E-state index is 0.0160. The van der Waals surface area contributed by atoms with Gasteiger partial charge >= 0.3 is 5.97 Å². The Bertz CT molecular complexity index is 605. The van der Waals surface area contributed by atoms with Gasteiger partial charge in [-0.1, -0.05) is 6.07 Å². The van der Waals surface area contributed by atoms with Gasteiger partial charge in [-0.25, -0.2) is 0 Å². The van der Waals surface area contributed by atoms with Gasteiger partial charge in [-0.15, -0.1) is 0 Å². The average Bonchev–Trinajstić information content (AvgIpc) is 2.60. The van der Waals surface area contributed by atoms with E-state index in [1.165, 1.54) is 5.56 Å². The number of hydrogen-bond donors (Lipinski definition) is 1. The topological polar surface area (TPSA) is 66.8 Å². The van der Waals surface area contributed by atoms with E-state index < -0.39 is 5.97 Å². The fourth-order valence-electron chi connectivity index (χ4n) is 3.69. The Morgan fingerprint density at radius 2 is 1.83 bits per heavy atom. The molecule has 0 atom stereocenters. The molecule has 0 spiro atoms. The number of carbonyl (C=O) groups is 2. The van der Waals surface area contributed by atoms with Crippen molar-refractivity contribution in [2.75, 3.05) is 13.7 Å². The molecule has 1 saturated carbocycles. The van der Waals surface area contributed by atoms with E-state index in [0.717, 1.165) is 24.3 Å². The van der Waals surface area contributed by atoms with Crippen molar-refractivity contribution in [1.82, 2.24) is 4.90 Å². The summed E-state index contributed by atoms with van der Waals surface area (Å²) in [6.45, 7) is 1.38. The predicted octanol–water partition coefficient (Wildman–Crippen LogP) is 2.47. The van der Waals surface area contributed by atoms with Crippen LogP contribution < -0.4 is 4.74 Å². The first-order chi connectivity index (χ1) is 11.1. The monoisotopic (exact) mass is 317 g/mol. The van der Waals surface area contributed by atoms with Gasteiger partial charge in [-0.05, 0) is 55.4 Å². The third kappa shape index (κ3) is 3.33. The zero-order chi connectivity index (χ0) is 16.4. The lowest BCUT2D eigenvalue weighted by atomic mass is 9.81. The second-order valence-corrected chi connectivity index (χ2v) is 6.53. The number of rotatable bonds is 3. The van der Waals surface area contributed by atoms with Crippen LogP contribution in [0.3, 0.4) is 0 Å². The Labute approximate surface area is 136 Å². The largest absolute Gasteiger partial charge is 0.497 e. The molecule has 23 heavy (non-hydrogen) atoms. The van der Waals surface area contributed by atoms with E-state index in [2.05, 4.69) is 6.07 Å². The number of carbonyl (C=O) groups excluding carboxylic acids is 1. The van der Waals surface area contributed by atoms with Crippen LogP contribution in [-0.2, 0) is 22.6 Å². The lowest BCUT2D eigenvalue weighted by molar-refractivity contribution is -0.146. The molecule has 1 heterocycles. The third-order valence-electron chi connectivity index (χ3n) is 5.16. The lowest BCUT2D eigenvalue weighted by Crippen LogP contribution is -2.41. The summed E-state index contributed by atoms with van der Waals surface area (Å²) in [6.07, 6.45) is 3.48. The molecule has 1 aromatic rings. The predicted molar refractivity (Wildman–Crippen MR) is 85.2 cm³/mol. The molecule has 1 N–H and O–H groups in total. The van der Waals surface area contributed by atoms with E-state index in [1.807, 2.05) is 17.0 Å². The van der Waals surface area contributed by atoms with Crippen molar-refractivity contribution in [1.29, 1.82) is 0 Å². The minimum Gasteiger partial charge on any atom is -0.497 e. The van der Waals surface area contributed by atoms with E-state index in [0.29, 0.717) is 32.2 Å². The van der Waals surface area contributed by atoms with Gasteiger partial charge in [0.05, 0.1) is 13.0 Å². The van der Waals surface area contributed by atoms with Crippen LogP contribution in [0.2, 0.25) is 0 Å². The highest BCUT2D eigenvalue weighted by Crippen LogP contribution is 2.32. The zero-order valence-corrected chi connectivity index (χ0v) is 13.5. The number of methoxy groups -OCH3 is 1. The van der Waals surface area contributed by atoms with Gasteiger partial charge in [-0.2, -0.15) is 0 Å². The molecule has 1 aliphatic heterocycles. The van der Waals surface area contributed by atoms with E-state index in [1.54, 1.807) is 7.11 Å². The van der Waals surface area contributed by atoms with Crippen molar-refractivity contribution in [3.8, 4) is 5.75 Å². The van der Waals surface area contributed by atoms with E-state index >= 15 is 0 Å². The number of ether oxygens (including phenoxy) is 1. The Morgan fingerprint density at radius 1 is 1.13 bits per heavy atom. The van der Waals surface area contributed by atoms with Crippen molar-refractivity contribution >= 4 is 11.9 Å². The molecule has 1 aliphatic carbocycles. The summed E-state index contributed by atoms with van der Waals surface area (Å²) >= 11 is 0. The summed E-state index contributed by atoms with van der Waals surface area (Å²) in [4.78, 5) is 25.7. The van der Waals surface area contributed by atoms with Gasteiger partial charge in [0.1, 0.15) is 5.75 Å². The average molecular weight is 317 g/mol. The number of amides is 1. The maximum Gasteiger partial charge on any atom is 0.306 e. The summed E-state index contributed by atoms with van der Waals surface area (Å²) in [5, 5.41) is 9.06. The second kappa shape index (κ2) is 6.60. The van der Waals surface area contributed by atoms with E-state index in [-0.39, 0.29) is 17.7 Å². The molecule has 2 aliphatic rings. The minimum atomic E-state index is -0.727. The number of carboxylic acids is 1. The number of hydrogen-bond acceptors (Lipinski definition) is 3. The molecule has 1 aromatic carbocycles. The molecule has 1 fully saturated rings. The van der Waals surface area contributed by atoms with Crippen LogP contribution in [-0.4, -0.2) is 35.5 Å². The van der Waals surface area contributed by atoms with Crippen molar-refractivity contribution in [2.45, 2.75) is 38.6 Å². The highest BCUT2D eigenvalue weighted by atomic mass is 16.5. The number of nitrogens with zero attached hydrogens (tertiary/aromatic N) is 1. The molecule has 0 saturated heterocycles. The van der Waals surface area contributed by atoms with Gasteiger partial charge in [-0.3, -0.25) is 9.59 Å². The normalized spacial score (nSPS) is 24.0. The van der Waals surface area contributed by atoms with Gasteiger partial charge < -0.3 is 14.7 Å². The van der Waals surface area contributed by atoms with Crippen LogP contribution in [0.5, 0.6) is 5.75 Å². The summed E-state index contributed by atoms with van der Waals surface area (Å²) in [7, 11) is 1.65. The van der Waals surface area contributed by atoms with Crippen LogP contribution in [0.25, 0.3) is 0 Å². The quantitative estimate of drug-likeness (QED) is 0.930. The second-order valence-electron chi connectivity index (χ2n) is 6.53. The Balaban J connectivity index is 1.64. The first-order valence-electron chi connectivity index (χ1n) is 8.26. The highest BCUT2D eigenvalue weighted by molar-refractivity contribution is 5.80. The first kappa shape index (κ1) is 15.8. The highest BCUT2D eigenvalue weighted by Gasteiger charge is 2.33. The van der Waals surface area contributed by atoms with Crippen LogP contribution >= 0.6 is 0 Å². The van der Waals surface area contributed by atoms with Gasteiger partial charge in [0, 0.05) is 19.0 Å². The standard InChI is InChI=1S/C18H23NO4/c1-23-16-7-6-12-8-9-19(11-15(12)10-16)17(20)13-2-4-14(5-3-13)18(21)22/h6-7,10,13-14H,2-5,8-9,11H2,1H3,(H,21,22). The fourth-order valence-corrected chi connectivity index (χ4v) is 3.69. The van der Waals surface area contributed by atoms with Crippen LogP contribution in [0.4, 0.5) is 0 Å². The molecule has 5 heteroatoms. The molecule has 0 radical (unpaired) electrons. The lowest BCUT2D eigenvalue weighted by Gasteiger charge is -2.34. The van der Waals surface area contributed by atoms with Gasteiger partial charge in [0.25, 0.3) is 0 Å². The zero-order valence-electron chi connectivity index (χ0n) is 13.5.